The van der Waals surface area contributed by atoms with Crippen LogP contribution in [-0.2, 0) is 31.1 Å². The molecule has 2 aromatic rings. The van der Waals surface area contributed by atoms with Gasteiger partial charge in [-0.15, -0.1) is 0 Å². The van der Waals surface area contributed by atoms with E-state index >= 15 is 0 Å². The van der Waals surface area contributed by atoms with Crippen molar-refractivity contribution in [2.24, 2.45) is 0 Å². The third kappa shape index (κ3) is 3.20. The molecule has 3 aliphatic rings. The standard InChI is InChI=1S/C27H28N2O6/c1-4-11-28-20-8-6-5-7-19(20)27(26(28)33)22(24(31)25(32)29(27)12-13-34-3)23(30)17-9-10-21-18(15-17)14-16(2)35-21/h5-10,15-16,30H,4,11-14H2,1-3H3/t16-,27-/m1/s1. The zero-order valence-corrected chi connectivity index (χ0v) is 20.0. The minimum atomic E-state index is -1.76. The number of aliphatic hydroxyl groups excluding tert-OH is 1. The van der Waals surface area contributed by atoms with Gasteiger partial charge < -0.3 is 24.4 Å². The van der Waals surface area contributed by atoms with Crippen LogP contribution in [0.5, 0.6) is 5.75 Å². The first-order chi connectivity index (χ1) is 16.9. The number of Topliss-reactive ketones (excluding diaryl/α,β-unsaturated/α-hetero) is 1. The summed E-state index contributed by atoms with van der Waals surface area (Å²) >= 11 is 0. The summed E-state index contributed by atoms with van der Waals surface area (Å²) in [7, 11) is 1.49. The molecule has 8 heteroatoms. The highest BCUT2D eigenvalue weighted by atomic mass is 16.5. The lowest BCUT2D eigenvalue weighted by Gasteiger charge is -2.34. The number of anilines is 1. The molecule has 8 nitrogen and oxygen atoms in total. The lowest BCUT2D eigenvalue weighted by molar-refractivity contribution is -0.144. The predicted molar refractivity (Wildman–Crippen MR) is 129 cm³/mol. The second kappa shape index (κ2) is 8.53. The number of ether oxygens (including phenoxy) is 2. The van der Waals surface area contributed by atoms with Gasteiger partial charge in [-0.3, -0.25) is 14.4 Å². The van der Waals surface area contributed by atoms with Crippen LogP contribution in [0.4, 0.5) is 5.69 Å². The van der Waals surface area contributed by atoms with Crippen LogP contribution in [0, 0.1) is 0 Å². The summed E-state index contributed by atoms with van der Waals surface area (Å²) in [6.07, 6.45) is 1.35. The van der Waals surface area contributed by atoms with E-state index in [4.69, 9.17) is 9.47 Å². The molecule has 2 amide bonds. The highest BCUT2D eigenvalue weighted by Gasteiger charge is 2.66. The number of aliphatic hydroxyl groups is 1. The number of methoxy groups -OCH3 is 1. The van der Waals surface area contributed by atoms with Crippen LogP contribution in [-0.4, -0.2) is 60.5 Å². The number of hydrogen-bond acceptors (Lipinski definition) is 6. The van der Waals surface area contributed by atoms with Crippen LogP contribution in [0.1, 0.15) is 37.0 Å². The number of rotatable bonds is 6. The molecule has 3 aliphatic heterocycles. The summed E-state index contributed by atoms with van der Waals surface area (Å²) in [5.41, 5.74) is 0.436. The van der Waals surface area contributed by atoms with Gasteiger partial charge in [-0.05, 0) is 43.2 Å². The average molecular weight is 477 g/mol. The second-order valence-corrected chi connectivity index (χ2v) is 9.14. The fourth-order valence-corrected chi connectivity index (χ4v) is 5.51. The Balaban J connectivity index is 1.77. The van der Waals surface area contributed by atoms with Crippen LogP contribution in [0.3, 0.4) is 0 Å². The van der Waals surface area contributed by atoms with Crippen LogP contribution in [0.25, 0.3) is 5.76 Å². The molecule has 2 atom stereocenters. The average Bonchev–Trinajstić information content (AvgIpc) is 3.42. The SMILES string of the molecule is CCCN1C(=O)[C@]2(C(=C(O)c3ccc4c(c3)C[C@@H](C)O4)C(=O)C(=O)N2CCOC)c2ccccc21. The molecule has 1 fully saturated rings. The normalized spacial score (nSPS) is 24.3. The van der Waals surface area contributed by atoms with Crippen LogP contribution in [0.2, 0.25) is 0 Å². The molecular weight excluding hydrogens is 448 g/mol. The van der Waals surface area contributed by atoms with Gasteiger partial charge in [-0.1, -0.05) is 25.1 Å². The molecule has 0 unspecified atom stereocenters. The smallest absolute Gasteiger partial charge is 0.296 e. The number of para-hydroxylation sites is 1. The van der Waals surface area contributed by atoms with Crippen molar-refractivity contribution < 1.29 is 29.0 Å². The molecule has 1 spiro atoms. The van der Waals surface area contributed by atoms with Crippen molar-refractivity contribution in [2.75, 3.05) is 31.7 Å². The molecule has 5 rings (SSSR count). The molecule has 1 N–H and O–H groups in total. The number of ketones is 1. The number of carbonyl (C=O) groups excluding carboxylic acids is 3. The summed E-state index contributed by atoms with van der Waals surface area (Å²) in [4.78, 5) is 43.9. The summed E-state index contributed by atoms with van der Waals surface area (Å²) in [5.74, 6) is -1.78. The highest BCUT2D eigenvalue weighted by Crippen LogP contribution is 2.53. The van der Waals surface area contributed by atoms with E-state index in [1.165, 1.54) is 12.0 Å². The number of nitrogens with zero attached hydrogens (tertiary/aromatic N) is 2. The largest absolute Gasteiger partial charge is 0.507 e. The maximum atomic E-state index is 14.2. The van der Waals surface area contributed by atoms with Crippen LogP contribution < -0.4 is 9.64 Å². The number of fused-ring (bicyclic) bond motifs is 3. The second-order valence-electron chi connectivity index (χ2n) is 9.14. The van der Waals surface area contributed by atoms with Gasteiger partial charge in [0.2, 0.25) is 0 Å². The Morgan fingerprint density at radius 2 is 1.94 bits per heavy atom. The monoisotopic (exact) mass is 476 g/mol. The zero-order chi connectivity index (χ0) is 24.9. The van der Waals surface area contributed by atoms with Crippen molar-refractivity contribution in [3.63, 3.8) is 0 Å². The first-order valence-electron chi connectivity index (χ1n) is 11.9. The van der Waals surface area contributed by atoms with Crippen LogP contribution >= 0.6 is 0 Å². The van der Waals surface area contributed by atoms with Crippen molar-refractivity contribution in [1.82, 2.24) is 4.90 Å². The molecule has 0 radical (unpaired) electrons. The lowest BCUT2D eigenvalue weighted by atomic mass is 9.81. The van der Waals surface area contributed by atoms with Crippen molar-refractivity contribution in [3.05, 3.63) is 64.7 Å². The topological polar surface area (TPSA) is 96.4 Å². The summed E-state index contributed by atoms with van der Waals surface area (Å²) in [6.45, 7) is 4.48. The third-order valence-electron chi connectivity index (χ3n) is 6.94. The third-order valence-corrected chi connectivity index (χ3v) is 6.94. The lowest BCUT2D eigenvalue weighted by Crippen LogP contribution is -2.52. The fraction of sp³-hybridized carbons (Fsp3) is 0.370. The van der Waals surface area contributed by atoms with Crippen LogP contribution in [0.15, 0.2) is 48.0 Å². The summed E-state index contributed by atoms with van der Waals surface area (Å²) < 4.78 is 11.0. The zero-order valence-electron chi connectivity index (χ0n) is 20.0. The van der Waals surface area contributed by atoms with Gasteiger partial charge in [0.05, 0.1) is 17.9 Å². The molecule has 0 saturated carbocycles. The number of likely N-dealkylation sites (tertiary alicyclic amines) is 1. The van der Waals surface area contributed by atoms with Gasteiger partial charge >= 0.3 is 0 Å². The first kappa shape index (κ1) is 23.1. The minimum Gasteiger partial charge on any atom is -0.507 e. The fourth-order valence-electron chi connectivity index (χ4n) is 5.51. The maximum absolute atomic E-state index is 14.2. The number of hydrogen-bond donors (Lipinski definition) is 1. The molecule has 0 bridgehead atoms. The van der Waals surface area contributed by atoms with E-state index in [-0.39, 0.29) is 30.6 Å². The Morgan fingerprint density at radius 3 is 2.69 bits per heavy atom. The van der Waals surface area contributed by atoms with E-state index in [2.05, 4.69) is 0 Å². The number of carbonyl (C=O) groups is 3. The molecule has 1 saturated heterocycles. The van der Waals surface area contributed by atoms with Gasteiger partial charge in [0.15, 0.2) is 5.54 Å². The van der Waals surface area contributed by atoms with Gasteiger partial charge in [-0.25, -0.2) is 0 Å². The van der Waals surface area contributed by atoms with Gasteiger partial charge in [0, 0.05) is 37.7 Å². The van der Waals surface area contributed by atoms with E-state index in [1.807, 2.05) is 26.0 Å². The predicted octanol–water partition coefficient (Wildman–Crippen LogP) is 2.99. The van der Waals surface area contributed by atoms with Crippen molar-refractivity contribution >= 4 is 29.0 Å². The Hall–Kier alpha value is -3.65. The number of benzene rings is 2. The minimum absolute atomic E-state index is 0.00602. The van der Waals surface area contributed by atoms with E-state index in [0.717, 1.165) is 11.3 Å². The summed E-state index contributed by atoms with van der Waals surface area (Å²) in [6, 6.07) is 12.3. The molecule has 3 heterocycles. The molecule has 35 heavy (non-hydrogen) atoms. The van der Waals surface area contributed by atoms with E-state index < -0.39 is 23.1 Å². The van der Waals surface area contributed by atoms with E-state index in [1.54, 1.807) is 35.2 Å². The quantitative estimate of drug-likeness (QED) is 0.391. The summed E-state index contributed by atoms with van der Waals surface area (Å²) in [5, 5.41) is 11.6. The Morgan fingerprint density at radius 1 is 1.17 bits per heavy atom. The van der Waals surface area contributed by atoms with Gasteiger partial charge in [-0.2, -0.15) is 0 Å². The molecule has 182 valence electrons. The Kier molecular flexibility index (Phi) is 5.63. The van der Waals surface area contributed by atoms with Crippen molar-refractivity contribution in [3.8, 4) is 5.75 Å². The highest BCUT2D eigenvalue weighted by molar-refractivity contribution is 6.50. The molecular formula is C27H28N2O6. The Bertz CT molecular complexity index is 1270. The number of amides is 2. The van der Waals surface area contributed by atoms with Gasteiger partial charge in [0.1, 0.15) is 17.6 Å². The molecule has 0 aliphatic carbocycles. The molecule has 0 aromatic heterocycles. The first-order valence-corrected chi connectivity index (χ1v) is 11.9. The Labute approximate surface area is 203 Å². The van der Waals surface area contributed by atoms with Crippen molar-refractivity contribution in [2.45, 2.75) is 38.3 Å². The maximum Gasteiger partial charge on any atom is 0.296 e. The van der Waals surface area contributed by atoms with Gasteiger partial charge in [0.25, 0.3) is 17.6 Å². The van der Waals surface area contributed by atoms with E-state index in [9.17, 15) is 19.5 Å². The van der Waals surface area contributed by atoms with E-state index in [0.29, 0.717) is 36.2 Å². The van der Waals surface area contributed by atoms with Crippen molar-refractivity contribution in [1.29, 1.82) is 0 Å². The molecule has 2 aromatic carbocycles.